The van der Waals surface area contributed by atoms with Crippen molar-refractivity contribution in [1.29, 1.82) is 0 Å². The summed E-state index contributed by atoms with van der Waals surface area (Å²) in [4.78, 5) is 3.56. The maximum absolute atomic E-state index is 17.2. The molecule has 1 aromatic heterocycles. The van der Waals surface area contributed by atoms with Crippen molar-refractivity contribution in [3.63, 3.8) is 0 Å². The van der Waals surface area contributed by atoms with Crippen LogP contribution in [0.1, 0.15) is 0 Å². The lowest BCUT2D eigenvalue weighted by Crippen LogP contribution is -2.30. The van der Waals surface area contributed by atoms with E-state index in [4.69, 9.17) is 9.47 Å². The van der Waals surface area contributed by atoms with E-state index in [9.17, 15) is 0 Å². The molecular weight excluding hydrogens is 623 g/mol. The molecule has 49 heavy (non-hydrogen) atoms. The molecule has 0 amide bonds. The van der Waals surface area contributed by atoms with Crippen molar-refractivity contribution >= 4 is 30.9 Å². The van der Waals surface area contributed by atoms with Crippen LogP contribution in [-0.2, 0) is 9.07 Å². The smallest absolute Gasteiger partial charge is 0.119 e. The summed E-state index contributed by atoms with van der Waals surface area (Å²) < 4.78 is 30.8. The molecule has 0 unspecified atom stereocenters. The van der Waals surface area contributed by atoms with E-state index in [2.05, 4.69) is 126 Å². The molecule has 7 aromatic carbocycles. The fourth-order valence-electron chi connectivity index (χ4n) is 8.49. The van der Waals surface area contributed by atoms with Crippen molar-refractivity contribution in [3.05, 3.63) is 152 Å². The minimum Gasteiger partial charge on any atom is -0.497 e. The van der Waals surface area contributed by atoms with Gasteiger partial charge in [0.1, 0.15) is 11.5 Å². The molecule has 0 saturated carbocycles. The molecule has 0 aliphatic carbocycles. The van der Waals surface area contributed by atoms with E-state index in [0.29, 0.717) is 0 Å². The number of rotatable bonds is 4. The Morgan fingerprint density at radius 1 is 0.469 bits per heavy atom. The summed E-state index contributed by atoms with van der Waals surface area (Å²) in [6.45, 7) is 0. The molecule has 0 radical (unpaired) electrons. The van der Waals surface area contributed by atoms with Crippen molar-refractivity contribution in [2.45, 2.75) is 19.6 Å². The third kappa shape index (κ3) is 3.40. The van der Waals surface area contributed by atoms with Crippen LogP contribution in [0.25, 0.3) is 60.9 Å². The summed E-state index contributed by atoms with van der Waals surface area (Å²) in [7, 11) is -0.629. The van der Waals surface area contributed by atoms with Gasteiger partial charge in [0, 0.05) is 45.1 Å². The summed E-state index contributed by atoms with van der Waals surface area (Å²) in [5.41, 5.74) is 9.26. The quantitative estimate of drug-likeness (QED) is 0.190. The number of methoxy groups -OCH3 is 2. The van der Waals surface area contributed by atoms with Crippen LogP contribution in [0.4, 0.5) is 0 Å². The maximum atomic E-state index is 17.2. The standard InChI is InChI=1S/C44H31NO3S/c1-47-30-21-23-39-37(26-30)38-27-31(48-2)22-24-40(38)45(39)29-12-9-11-28(25-29)32-16-10-17-36-35-15-5-8-20-43(35)49(46,44(32)36)41-18-6-3-13-33(41)34-14-4-7-19-42(34)49/h3-27H,1-2H3. The normalized spacial score (nSPS) is 15.3. The number of hydrogen-bond donors (Lipinski definition) is 0. The van der Waals surface area contributed by atoms with E-state index < -0.39 is 9.07 Å². The largest absolute Gasteiger partial charge is 0.497 e. The third-order valence-electron chi connectivity index (χ3n) is 10.5. The monoisotopic (exact) mass is 653 g/mol. The molecule has 0 bridgehead atoms. The summed E-state index contributed by atoms with van der Waals surface area (Å²) >= 11 is 0. The number of ether oxygens (including phenoxy) is 2. The predicted molar refractivity (Wildman–Crippen MR) is 198 cm³/mol. The fraction of sp³-hybridized carbons (Fsp3) is 0.0455. The van der Waals surface area contributed by atoms with Gasteiger partial charge < -0.3 is 14.0 Å². The van der Waals surface area contributed by atoms with Gasteiger partial charge in [0.2, 0.25) is 0 Å². The Balaban J connectivity index is 1.29. The van der Waals surface area contributed by atoms with Gasteiger partial charge >= 0.3 is 0 Å². The zero-order valence-corrected chi connectivity index (χ0v) is 27.8. The number of hydrogen-bond acceptors (Lipinski definition) is 3. The lowest BCUT2D eigenvalue weighted by molar-refractivity contribution is 0.415. The van der Waals surface area contributed by atoms with Gasteiger partial charge in [-0.15, -0.1) is 0 Å². The first-order chi connectivity index (χ1) is 24.0. The molecule has 2 aliphatic heterocycles. The Kier molecular flexibility index (Phi) is 5.64. The summed E-state index contributed by atoms with van der Waals surface area (Å²) in [5.74, 6) is 1.60. The van der Waals surface area contributed by atoms with Gasteiger partial charge in [-0.3, -0.25) is 4.21 Å². The molecule has 0 saturated heterocycles. The van der Waals surface area contributed by atoms with E-state index in [1.165, 1.54) is 0 Å². The van der Waals surface area contributed by atoms with Crippen LogP contribution in [0, 0.1) is 0 Å². The average Bonchev–Trinajstić information content (AvgIpc) is 3.72. The van der Waals surface area contributed by atoms with Gasteiger partial charge in [0.05, 0.1) is 25.3 Å². The third-order valence-corrected chi connectivity index (χ3v) is 15.3. The lowest BCUT2D eigenvalue weighted by Gasteiger charge is -2.40. The number of nitrogens with zero attached hydrogens (tertiary/aromatic N) is 1. The first-order valence-electron chi connectivity index (χ1n) is 16.4. The van der Waals surface area contributed by atoms with Crippen LogP contribution in [0.2, 0.25) is 0 Å². The highest BCUT2D eigenvalue weighted by Gasteiger charge is 2.58. The van der Waals surface area contributed by atoms with Crippen molar-refractivity contribution in [3.8, 4) is 50.6 Å². The van der Waals surface area contributed by atoms with Gasteiger partial charge in [0.15, 0.2) is 0 Å². The second-order valence-electron chi connectivity index (χ2n) is 12.8. The SMILES string of the molecule is COc1ccc2c(c1)c1cc(OC)ccc1n2-c1cccc(-c2cccc3c2S2(=O)(c4ccccc4-c4ccccc42)c2ccccc2-3)c1. The van der Waals surface area contributed by atoms with E-state index >= 15 is 4.21 Å². The molecule has 2 aliphatic rings. The van der Waals surface area contributed by atoms with Gasteiger partial charge in [0.25, 0.3) is 0 Å². The van der Waals surface area contributed by atoms with Crippen molar-refractivity contribution in [2.24, 2.45) is 0 Å². The van der Waals surface area contributed by atoms with E-state index in [1.807, 2.05) is 30.3 Å². The highest BCUT2D eigenvalue weighted by atomic mass is 32.3. The molecule has 0 N–H and O–H groups in total. The highest BCUT2D eigenvalue weighted by Crippen LogP contribution is 2.72. The predicted octanol–water partition coefficient (Wildman–Crippen LogP) is 10.8. The highest BCUT2D eigenvalue weighted by molar-refractivity contribution is 8.21. The first-order valence-corrected chi connectivity index (χ1v) is 18.4. The van der Waals surface area contributed by atoms with Crippen LogP contribution in [0.15, 0.2) is 171 Å². The summed E-state index contributed by atoms with van der Waals surface area (Å²) in [5, 5.41) is 2.16. The van der Waals surface area contributed by atoms with Crippen LogP contribution >= 0.6 is 0 Å². The molecule has 5 heteroatoms. The van der Waals surface area contributed by atoms with Gasteiger partial charge in [-0.2, -0.15) is 0 Å². The van der Waals surface area contributed by atoms with E-state index in [1.54, 1.807) is 14.2 Å². The molecule has 236 valence electrons. The maximum Gasteiger partial charge on any atom is 0.119 e. The summed E-state index contributed by atoms with van der Waals surface area (Å²) in [6, 6.07) is 52.3. The molecule has 0 atom stereocenters. The van der Waals surface area contributed by atoms with Gasteiger partial charge in [-0.05, 0) is 100 Å². The Labute approximate surface area is 284 Å². The van der Waals surface area contributed by atoms with E-state index in [-0.39, 0.29) is 0 Å². The minimum absolute atomic E-state index is 0.801. The Bertz CT molecular complexity index is 2640. The Morgan fingerprint density at radius 2 is 0.939 bits per heavy atom. The molecule has 10 rings (SSSR count). The van der Waals surface area contributed by atoms with Crippen LogP contribution in [0.5, 0.6) is 11.5 Å². The summed E-state index contributed by atoms with van der Waals surface area (Å²) in [6.07, 6.45) is 0. The zero-order valence-electron chi connectivity index (χ0n) is 27.0. The van der Waals surface area contributed by atoms with E-state index in [0.717, 1.165) is 92.0 Å². The molecule has 3 heterocycles. The van der Waals surface area contributed by atoms with Gasteiger partial charge in [-0.25, -0.2) is 0 Å². The fourth-order valence-corrected chi connectivity index (χ4v) is 13.9. The minimum atomic E-state index is -4.02. The molecule has 0 fully saturated rings. The van der Waals surface area contributed by atoms with Crippen LogP contribution < -0.4 is 9.47 Å². The molecule has 4 nitrogen and oxygen atoms in total. The van der Waals surface area contributed by atoms with Crippen molar-refractivity contribution in [2.75, 3.05) is 14.2 Å². The first kappa shape index (κ1) is 28.1. The lowest BCUT2D eigenvalue weighted by atomic mass is 9.99. The van der Waals surface area contributed by atoms with Crippen molar-refractivity contribution < 1.29 is 13.7 Å². The number of benzene rings is 7. The molecule has 8 aromatic rings. The second-order valence-corrected chi connectivity index (χ2v) is 16.4. The van der Waals surface area contributed by atoms with Crippen molar-refractivity contribution in [1.82, 2.24) is 4.57 Å². The number of aromatic nitrogens is 1. The average molecular weight is 654 g/mol. The van der Waals surface area contributed by atoms with Crippen LogP contribution in [-0.4, -0.2) is 23.0 Å². The van der Waals surface area contributed by atoms with Crippen LogP contribution in [0.3, 0.4) is 0 Å². The second kappa shape index (κ2) is 9.82. The van der Waals surface area contributed by atoms with Gasteiger partial charge in [-0.1, -0.05) is 84.9 Å². The Hall–Kier alpha value is -5.91. The topological polar surface area (TPSA) is 40.5 Å². The Morgan fingerprint density at radius 3 is 1.49 bits per heavy atom. The molecule has 1 spiro atoms. The number of fused-ring (bicyclic) bond motifs is 13. The zero-order chi connectivity index (χ0) is 32.9. The molecular formula is C44H31NO3S.